The van der Waals surface area contributed by atoms with Gasteiger partial charge in [0, 0.05) is 17.5 Å². The first-order valence-electron chi connectivity index (χ1n) is 3.74. The number of thiophene rings is 1. The number of ketones is 1. The lowest BCUT2D eigenvalue weighted by Gasteiger charge is -1.93. The van der Waals surface area contributed by atoms with Gasteiger partial charge in [0.05, 0.1) is 5.69 Å². The van der Waals surface area contributed by atoms with Crippen molar-refractivity contribution in [3.63, 3.8) is 0 Å². The zero-order valence-corrected chi connectivity index (χ0v) is 8.02. The minimum absolute atomic E-state index is 0.159. The van der Waals surface area contributed by atoms with E-state index >= 15 is 0 Å². The van der Waals surface area contributed by atoms with Gasteiger partial charge in [-0.25, -0.2) is 0 Å². The number of rotatable bonds is 3. The summed E-state index contributed by atoms with van der Waals surface area (Å²) in [7, 11) is 0. The molecule has 0 unspecified atom stereocenters. The molecule has 1 rings (SSSR count). The monoisotopic (exact) mass is 181 g/mol. The molecule has 0 N–H and O–H groups in total. The molecule has 0 aliphatic heterocycles. The van der Waals surface area contributed by atoms with Crippen molar-refractivity contribution in [3.8, 4) is 0 Å². The lowest BCUT2D eigenvalue weighted by atomic mass is 10.2. The molecular formula is C9H11NOS. The smallest absolute Gasteiger partial charge is 0.135 e. The molecule has 0 bridgehead atoms. The third-order valence-corrected chi connectivity index (χ3v) is 2.00. The molecule has 0 saturated carbocycles. The fourth-order valence-electron chi connectivity index (χ4n) is 0.941. The van der Waals surface area contributed by atoms with Crippen molar-refractivity contribution in [2.24, 2.45) is 4.99 Å². The fourth-order valence-corrected chi connectivity index (χ4v) is 1.51. The molecule has 0 amide bonds. The molecule has 0 aliphatic rings. The van der Waals surface area contributed by atoms with Gasteiger partial charge >= 0.3 is 0 Å². The molecule has 0 fully saturated rings. The number of aliphatic imine (C=N–C) groups is 1. The summed E-state index contributed by atoms with van der Waals surface area (Å²) in [6.45, 7) is 3.45. The van der Waals surface area contributed by atoms with Crippen LogP contribution in [-0.2, 0) is 4.79 Å². The van der Waals surface area contributed by atoms with Crippen molar-refractivity contribution < 1.29 is 4.79 Å². The van der Waals surface area contributed by atoms with Crippen molar-refractivity contribution in [1.29, 1.82) is 0 Å². The molecule has 2 nitrogen and oxygen atoms in total. The number of hydrogen-bond donors (Lipinski definition) is 0. The summed E-state index contributed by atoms with van der Waals surface area (Å²) in [5, 5.41) is 3.93. The minimum Gasteiger partial charge on any atom is -0.300 e. The van der Waals surface area contributed by atoms with Crippen LogP contribution in [-0.4, -0.2) is 11.5 Å². The van der Waals surface area contributed by atoms with Crippen molar-refractivity contribution in [2.75, 3.05) is 0 Å². The van der Waals surface area contributed by atoms with Gasteiger partial charge in [-0.3, -0.25) is 9.79 Å². The van der Waals surface area contributed by atoms with Gasteiger partial charge in [0.2, 0.25) is 0 Å². The summed E-state index contributed by atoms with van der Waals surface area (Å²) < 4.78 is 0. The summed E-state index contributed by atoms with van der Waals surface area (Å²) in [5.41, 5.74) is 1.82. The Hall–Kier alpha value is -0.960. The molecule has 3 heteroatoms. The standard InChI is InChI=1S/C9H11NOS/c1-7(5-8(2)11)10-9-3-4-12-6-9/h3-4,6H,5H2,1-2H3. The first-order chi connectivity index (χ1) is 5.68. The number of hydrogen-bond acceptors (Lipinski definition) is 3. The molecule has 0 saturated heterocycles. The number of Topliss-reactive ketones (excluding diaryl/α,β-unsaturated/α-hetero) is 1. The topological polar surface area (TPSA) is 29.4 Å². The summed E-state index contributed by atoms with van der Waals surface area (Å²) in [6.07, 6.45) is 0.454. The molecule has 12 heavy (non-hydrogen) atoms. The van der Waals surface area contributed by atoms with Gasteiger partial charge in [0.25, 0.3) is 0 Å². The second-order valence-corrected chi connectivity index (χ2v) is 3.49. The molecular weight excluding hydrogens is 170 g/mol. The van der Waals surface area contributed by atoms with E-state index in [1.54, 1.807) is 18.3 Å². The molecule has 1 aromatic rings. The largest absolute Gasteiger partial charge is 0.300 e. The SMILES string of the molecule is CC(=O)CC(C)=Nc1ccsc1. The highest BCUT2D eigenvalue weighted by Crippen LogP contribution is 2.16. The van der Waals surface area contributed by atoms with Gasteiger partial charge < -0.3 is 0 Å². The van der Waals surface area contributed by atoms with E-state index in [1.165, 1.54) is 0 Å². The second-order valence-electron chi connectivity index (χ2n) is 2.71. The van der Waals surface area contributed by atoms with E-state index in [4.69, 9.17) is 0 Å². The Morgan fingerprint density at radius 3 is 2.83 bits per heavy atom. The number of nitrogens with zero attached hydrogens (tertiary/aromatic N) is 1. The van der Waals surface area contributed by atoms with Crippen LogP contribution in [0.25, 0.3) is 0 Å². The van der Waals surface area contributed by atoms with Gasteiger partial charge in [-0.15, -0.1) is 0 Å². The molecule has 0 aliphatic carbocycles. The van der Waals surface area contributed by atoms with E-state index in [0.717, 1.165) is 11.4 Å². The summed E-state index contributed by atoms with van der Waals surface area (Å²) in [6, 6.07) is 1.94. The average Bonchev–Trinajstić information content (AvgIpc) is 2.37. The van der Waals surface area contributed by atoms with Crippen molar-refractivity contribution in [1.82, 2.24) is 0 Å². The van der Waals surface area contributed by atoms with Crippen LogP contribution in [0.2, 0.25) is 0 Å². The van der Waals surface area contributed by atoms with Gasteiger partial charge in [-0.05, 0) is 25.3 Å². The maximum absolute atomic E-state index is 10.7. The van der Waals surface area contributed by atoms with Crippen LogP contribution in [0.4, 0.5) is 5.69 Å². The Morgan fingerprint density at radius 2 is 2.33 bits per heavy atom. The van der Waals surface area contributed by atoms with Crippen molar-refractivity contribution in [3.05, 3.63) is 16.8 Å². The highest BCUT2D eigenvalue weighted by Gasteiger charge is 1.97. The highest BCUT2D eigenvalue weighted by atomic mass is 32.1. The lowest BCUT2D eigenvalue weighted by Crippen LogP contribution is -1.98. The molecule has 0 aromatic carbocycles. The molecule has 0 spiro atoms. The molecule has 0 atom stereocenters. The Balaban J connectivity index is 2.63. The highest BCUT2D eigenvalue weighted by molar-refractivity contribution is 7.08. The lowest BCUT2D eigenvalue weighted by molar-refractivity contribution is -0.115. The van der Waals surface area contributed by atoms with Gasteiger partial charge in [0.1, 0.15) is 5.78 Å². The van der Waals surface area contributed by atoms with Crippen molar-refractivity contribution in [2.45, 2.75) is 20.3 Å². The Kier molecular flexibility index (Phi) is 3.17. The van der Waals surface area contributed by atoms with Crippen LogP contribution in [0.3, 0.4) is 0 Å². The van der Waals surface area contributed by atoms with Crippen LogP contribution in [0.1, 0.15) is 20.3 Å². The maximum Gasteiger partial charge on any atom is 0.135 e. The van der Waals surface area contributed by atoms with Crippen LogP contribution in [0, 0.1) is 0 Å². The normalized spacial score (nSPS) is 11.7. The van der Waals surface area contributed by atoms with E-state index < -0.39 is 0 Å². The van der Waals surface area contributed by atoms with Crippen LogP contribution < -0.4 is 0 Å². The van der Waals surface area contributed by atoms with Crippen molar-refractivity contribution >= 4 is 28.5 Å². The van der Waals surface area contributed by atoms with E-state index in [9.17, 15) is 4.79 Å². The zero-order chi connectivity index (χ0) is 8.97. The Labute approximate surface area is 76.0 Å². The first kappa shape index (κ1) is 9.13. The minimum atomic E-state index is 0.159. The van der Waals surface area contributed by atoms with E-state index in [1.807, 2.05) is 23.8 Å². The summed E-state index contributed by atoms with van der Waals surface area (Å²) >= 11 is 1.61. The van der Waals surface area contributed by atoms with E-state index in [2.05, 4.69) is 4.99 Å². The van der Waals surface area contributed by atoms with Gasteiger partial charge in [-0.2, -0.15) is 11.3 Å². The van der Waals surface area contributed by atoms with E-state index in [0.29, 0.717) is 6.42 Å². The van der Waals surface area contributed by atoms with Crippen LogP contribution in [0.5, 0.6) is 0 Å². The number of carbonyl (C=O) groups is 1. The quantitative estimate of drug-likeness (QED) is 0.659. The molecule has 1 aromatic heterocycles. The first-order valence-corrected chi connectivity index (χ1v) is 4.68. The average molecular weight is 181 g/mol. The third kappa shape index (κ3) is 2.96. The fraction of sp³-hybridized carbons (Fsp3) is 0.333. The predicted octanol–water partition coefficient (Wildman–Crippen LogP) is 2.82. The maximum atomic E-state index is 10.7. The zero-order valence-electron chi connectivity index (χ0n) is 7.20. The predicted molar refractivity (Wildman–Crippen MR) is 52.4 cm³/mol. The Bertz CT molecular complexity index is 287. The second kappa shape index (κ2) is 4.16. The van der Waals surface area contributed by atoms with Crippen LogP contribution >= 0.6 is 11.3 Å². The number of carbonyl (C=O) groups excluding carboxylic acids is 1. The van der Waals surface area contributed by atoms with E-state index in [-0.39, 0.29) is 5.78 Å². The molecule has 64 valence electrons. The van der Waals surface area contributed by atoms with Crippen LogP contribution in [0.15, 0.2) is 21.8 Å². The van der Waals surface area contributed by atoms with Gasteiger partial charge in [-0.1, -0.05) is 0 Å². The molecule has 1 heterocycles. The molecule has 0 radical (unpaired) electrons. The Morgan fingerprint density at radius 1 is 1.58 bits per heavy atom. The third-order valence-electron chi connectivity index (χ3n) is 1.33. The summed E-state index contributed by atoms with van der Waals surface area (Å²) in [4.78, 5) is 15.0. The summed E-state index contributed by atoms with van der Waals surface area (Å²) in [5.74, 6) is 0.159. The van der Waals surface area contributed by atoms with Gasteiger partial charge in [0.15, 0.2) is 0 Å².